The molecule has 0 aromatic rings. The second-order valence-corrected chi connectivity index (χ2v) is 5.80. The topological polar surface area (TPSA) is 66.4 Å². The summed E-state index contributed by atoms with van der Waals surface area (Å²) in [6.45, 7) is -1.48. The Kier molecular flexibility index (Phi) is 6.17. The van der Waals surface area contributed by atoms with E-state index in [2.05, 4.69) is 0 Å². The van der Waals surface area contributed by atoms with Gasteiger partial charge in [0.2, 0.25) is 0 Å². The Morgan fingerprint density at radius 1 is 0.818 bits per heavy atom. The number of aliphatic hydroxyl groups is 1. The van der Waals surface area contributed by atoms with Gasteiger partial charge in [-0.05, 0) is 12.8 Å². The van der Waals surface area contributed by atoms with Gasteiger partial charge in [-0.1, -0.05) is 0 Å². The van der Waals surface area contributed by atoms with Gasteiger partial charge in [0.1, 0.15) is 0 Å². The number of nitrogens with one attached hydrogen (secondary N) is 1. The van der Waals surface area contributed by atoms with Gasteiger partial charge in [0.25, 0.3) is 10.0 Å². The third-order valence-corrected chi connectivity index (χ3v) is 3.85. The first-order chi connectivity index (χ1) is 9.56. The third kappa shape index (κ3) is 3.59. The van der Waals surface area contributed by atoms with Crippen LogP contribution in [0.1, 0.15) is 12.8 Å². The van der Waals surface area contributed by atoms with Crippen molar-refractivity contribution in [3.63, 3.8) is 0 Å². The minimum atomic E-state index is -7.27. The average molecular weight is 371 g/mol. The highest BCUT2D eigenvalue weighted by Crippen LogP contribution is 2.54. The number of halogens is 9. The molecule has 0 saturated heterocycles. The highest BCUT2D eigenvalue weighted by Gasteiger charge is 2.85. The molecule has 0 aliphatic heterocycles. The summed E-state index contributed by atoms with van der Waals surface area (Å²) in [5.41, 5.74) is 0. The van der Waals surface area contributed by atoms with Crippen LogP contribution >= 0.6 is 0 Å². The van der Waals surface area contributed by atoms with Gasteiger partial charge in [0.05, 0.1) is 0 Å². The van der Waals surface area contributed by atoms with Crippen molar-refractivity contribution in [3.8, 4) is 0 Å². The molecule has 0 bridgehead atoms. The molecule has 0 spiro atoms. The van der Waals surface area contributed by atoms with E-state index in [1.807, 2.05) is 0 Å². The first-order valence-corrected chi connectivity index (χ1v) is 6.85. The molecular weight excluding hydrogens is 361 g/mol. The van der Waals surface area contributed by atoms with E-state index in [4.69, 9.17) is 5.11 Å². The SMILES string of the molecule is O=S(=O)(NCCCCO)C(F)(F)C(F)(F)C(F)(F)C(F)(F)F. The van der Waals surface area contributed by atoms with E-state index in [1.165, 1.54) is 0 Å². The molecule has 0 heterocycles. The minimum absolute atomic E-state index is 0.150. The minimum Gasteiger partial charge on any atom is -0.396 e. The third-order valence-electron chi connectivity index (χ3n) is 2.33. The summed E-state index contributed by atoms with van der Waals surface area (Å²) < 4.78 is 135. The van der Waals surface area contributed by atoms with Crippen molar-refractivity contribution in [2.24, 2.45) is 0 Å². The first-order valence-electron chi connectivity index (χ1n) is 5.36. The summed E-state index contributed by atoms with van der Waals surface area (Å²) in [6.07, 6.45) is -7.58. The Morgan fingerprint density at radius 2 is 1.27 bits per heavy atom. The van der Waals surface area contributed by atoms with Gasteiger partial charge in [0, 0.05) is 13.2 Å². The van der Waals surface area contributed by atoms with Crippen molar-refractivity contribution >= 4 is 10.0 Å². The van der Waals surface area contributed by atoms with E-state index in [0.29, 0.717) is 0 Å². The van der Waals surface area contributed by atoms with E-state index in [-0.39, 0.29) is 12.8 Å². The smallest absolute Gasteiger partial charge is 0.396 e. The molecule has 0 aliphatic rings. The van der Waals surface area contributed by atoms with Crippen LogP contribution in [0.5, 0.6) is 0 Å². The molecule has 0 unspecified atom stereocenters. The highest BCUT2D eigenvalue weighted by atomic mass is 32.2. The zero-order valence-electron chi connectivity index (χ0n) is 10.4. The molecule has 0 saturated carbocycles. The number of alkyl halides is 9. The number of rotatable bonds is 8. The van der Waals surface area contributed by atoms with Gasteiger partial charge in [-0.25, -0.2) is 13.1 Å². The number of hydrogen-bond acceptors (Lipinski definition) is 3. The van der Waals surface area contributed by atoms with Crippen molar-refractivity contribution in [1.29, 1.82) is 0 Å². The van der Waals surface area contributed by atoms with Crippen molar-refractivity contribution in [3.05, 3.63) is 0 Å². The maximum Gasteiger partial charge on any atom is 0.460 e. The van der Waals surface area contributed by atoms with Gasteiger partial charge >= 0.3 is 23.3 Å². The van der Waals surface area contributed by atoms with Crippen LogP contribution in [-0.2, 0) is 10.0 Å². The molecule has 134 valence electrons. The Hall–Kier alpha value is -0.760. The Balaban J connectivity index is 5.52. The quantitative estimate of drug-likeness (QED) is 0.507. The fourth-order valence-corrected chi connectivity index (χ4v) is 2.12. The second kappa shape index (κ2) is 6.39. The van der Waals surface area contributed by atoms with Crippen LogP contribution < -0.4 is 4.72 Å². The lowest BCUT2D eigenvalue weighted by Gasteiger charge is -2.33. The molecule has 4 nitrogen and oxygen atoms in total. The van der Waals surface area contributed by atoms with Crippen molar-refractivity contribution in [1.82, 2.24) is 4.72 Å². The lowest BCUT2D eigenvalue weighted by atomic mass is 10.1. The van der Waals surface area contributed by atoms with E-state index in [0.717, 1.165) is 4.72 Å². The summed E-state index contributed by atoms with van der Waals surface area (Å²) in [5.74, 6) is -14.5. The summed E-state index contributed by atoms with van der Waals surface area (Å²) in [6, 6.07) is 0. The van der Waals surface area contributed by atoms with Gasteiger partial charge < -0.3 is 5.11 Å². The molecule has 14 heteroatoms. The fraction of sp³-hybridized carbons (Fsp3) is 1.00. The van der Waals surface area contributed by atoms with Crippen molar-refractivity contribution in [2.75, 3.05) is 13.2 Å². The number of aliphatic hydroxyl groups excluding tert-OH is 1. The van der Waals surface area contributed by atoms with Gasteiger partial charge in [0.15, 0.2) is 0 Å². The first kappa shape index (κ1) is 21.2. The van der Waals surface area contributed by atoms with Gasteiger partial charge in [-0.2, -0.15) is 39.5 Å². The number of hydrogen-bond donors (Lipinski definition) is 2. The maximum absolute atomic E-state index is 13.1. The molecule has 0 amide bonds. The molecule has 2 N–H and O–H groups in total. The maximum atomic E-state index is 13.1. The molecule has 0 radical (unpaired) electrons. The zero-order valence-corrected chi connectivity index (χ0v) is 11.2. The van der Waals surface area contributed by atoms with E-state index < -0.39 is 46.5 Å². The Labute approximate surface area is 118 Å². The van der Waals surface area contributed by atoms with Crippen LogP contribution in [0.15, 0.2) is 0 Å². The summed E-state index contributed by atoms with van der Waals surface area (Å²) in [4.78, 5) is 0. The fourth-order valence-electron chi connectivity index (χ4n) is 1.06. The van der Waals surface area contributed by atoms with Gasteiger partial charge in [-0.15, -0.1) is 0 Å². The largest absolute Gasteiger partial charge is 0.460 e. The lowest BCUT2D eigenvalue weighted by molar-refractivity contribution is -0.382. The van der Waals surface area contributed by atoms with Crippen molar-refractivity contribution in [2.45, 2.75) is 36.1 Å². The van der Waals surface area contributed by atoms with Crippen LogP contribution in [0.25, 0.3) is 0 Å². The molecule has 0 aromatic carbocycles. The molecular formula is C8H10F9NO3S. The molecule has 0 aromatic heterocycles. The molecule has 22 heavy (non-hydrogen) atoms. The molecule has 0 aliphatic carbocycles. The van der Waals surface area contributed by atoms with E-state index in [1.54, 1.807) is 0 Å². The highest BCUT2D eigenvalue weighted by molar-refractivity contribution is 7.90. The van der Waals surface area contributed by atoms with E-state index >= 15 is 0 Å². The predicted octanol–water partition coefficient (Wildman–Crippen LogP) is 2.10. The summed E-state index contributed by atoms with van der Waals surface area (Å²) >= 11 is 0. The van der Waals surface area contributed by atoms with Crippen LogP contribution in [0.2, 0.25) is 0 Å². The van der Waals surface area contributed by atoms with Gasteiger partial charge in [-0.3, -0.25) is 0 Å². The number of unbranched alkanes of at least 4 members (excludes halogenated alkanes) is 1. The Morgan fingerprint density at radius 3 is 1.64 bits per heavy atom. The Bertz CT molecular complexity index is 474. The van der Waals surface area contributed by atoms with E-state index in [9.17, 15) is 47.9 Å². The average Bonchev–Trinajstić information content (AvgIpc) is 2.32. The van der Waals surface area contributed by atoms with Crippen LogP contribution in [0.4, 0.5) is 39.5 Å². The normalized spacial score (nSPS) is 15.2. The summed E-state index contributed by atoms with van der Waals surface area (Å²) in [5, 5.41) is 1.59. The monoisotopic (exact) mass is 371 g/mol. The summed E-state index contributed by atoms with van der Waals surface area (Å²) in [7, 11) is -6.54. The van der Waals surface area contributed by atoms with Crippen molar-refractivity contribution < 1.29 is 53.0 Å². The standard InChI is InChI=1S/C8H10F9NO3S/c9-5(10,7(13,14)15)6(11,12)8(16,17)22(20,21)18-3-1-2-4-19/h18-19H,1-4H2. The molecule has 0 fully saturated rings. The van der Waals surface area contributed by atoms with Crippen LogP contribution in [0, 0.1) is 0 Å². The number of sulfonamides is 1. The van der Waals surface area contributed by atoms with Crippen LogP contribution in [-0.4, -0.2) is 50.0 Å². The lowest BCUT2D eigenvalue weighted by Crippen LogP contribution is -2.64. The predicted molar refractivity (Wildman–Crippen MR) is 54.1 cm³/mol. The molecule has 0 rings (SSSR count). The zero-order chi connectivity index (χ0) is 18.0. The van der Waals surface area contributed by atoms with Crippen LogP contribution in [0.3, 0.4) is 0 Å². The molecule has 0 atom stereocenters. The second-order valence-electron chi connectivity index (χ2n) is 3.99.